The minimum atomic E-state index is -0.0989. The molecule has 4 nitrogen and oxygen atoms in total. The van der Waals surface area contributed by atoms with Gasteiger partial charge in [-0.1, -0.05) is 48.5 Å². The Morgan fingerprint density at radius 2 is 1.65 bits per heavy atom. The summed E-state index contributed by atoms with van der Waals surface area (Å²) in [5.41, 5.74) is 2.93. The van der Waals surface area contributed by atoms with Crippen LogP contribution in [0, 0.1) is 0 Å². The number of hydrogen-bond donors (Lipinski definition) is 0. The third-order valence-corrected chi connectivity index (χ3v) is 3.62. The van der Waals surface area contributed by atoms with Crippen LogP contribution in [0.1, 0.15) is 17.3 Å². The Kier molecular flexibility index (Phi) is 4.43. The number of aromatic nitrogens is 2. The minimum absolute atomic E-state index is 0.0989. The smallest absolute Gasteiger partial charge is 0.262 e. The van der Waals surface area contributed by atoms with Crippen molar-refractivity contribution in [3.05, 3.63) is 78.8 Å². The lowest BCUT2D eigenvalue weighted by Crippen LogP contribution is -2.31. The molecule has 0 unspecified atom stereocenters. The van der Waals surface area contributed by atoms with Gasteiger partial charge in [0.15, 0.2) is 0 Å². The van der Waals surface area contributed by atoms with E-state index in [0.29, 0.717) is 17.8 Å². The number of rotatable bonds is 4. The number of benzene rings is 2. The van der Waals surface area contributed by atoms with Crippen LogP contribution in [0.5, 0.6) is 0 Å². The highest BCUT2D eigenvalue weighted by atomic mass is 16.2. The predicted octanol–water partition coefficient (Wildman–Crippen LogP) is 3.81. The molecule has 0 aliphatic carbocycles. The maximum Gasteiger partial charge on any atom is 0.262 e. The van der Waals surface area contributed by atoms with E-state index in [1.807, 2.05) is 67.6 Å². The van der Waals surface area contributed by atoms with Crippen LogP contribution in [0.3, 0.4) is 0 Å². The first kappa shape index (κ1) is 14.9. The summed E-state index contributed by atoms with van der Waals surface area (Å²) >= 11 is 0. The van der Waals surface area contributed by atoms with E-state index in [9.17, 15) is 4.79 Å². The Hall–Kier alpha value is -3.01. The molecule has 1 amide bonds. The number of hydrogen-bond acceptors (Lipinski definition) is 3. The van der Waals surface area contributed by atoms with Crippen LogP contribution in [0.2, 0.25) is 0 Å². The first-order chi connectivity index (χ1) is 11.3. The Bertz CT molecular complexity index is 788. The van der Waals surface area contributed by atoms with Crippen molar-refractivity contribution < 1.29 is 4.79 Å². The van der Waals surface area contributed by atoms with E-state index in [4.69, 9.17) is 0 Å². The second kappa shape index (κ2) is 6.83. The van der Waals surface area contributed by atoms with E-state index in [1.54, 1.807) is 11.1 Å². The van der Waals surface area contributed by atoms with Crippen LogP contribution >= 0.6 is 0 Å². The summed E-state index contributed by atoms with van der Waals surface area (Å²) in [5, 5.41) is 0. The fourth-order valence-electron chi connectivity index (χ4n) is 2.51. The quantitative estimate of drug-likeness (QED) is 0.736. The molecule has 0 saturated carbocycles. The molecule has 0 saturated heterocycles. The molecule has 1 heterocycles. The molecule has 1 aromatic heterocycles. The molecule has 2 aromatic carbocycles. The summed E-state index contributed by atoms with van der Waals surface area (Å²) in [7, 11) is 0. The van der Waals surface area contributed by atoms with Gasteiger partial charge in [-0.05, 0) is 19.1 Å². The van der Waals surface area contributed by atoms with Gasteiger partial charge in [-0.15, -0.1) is 0 Å². The molecular formula is C19H17N3O. The average molecular weight is 303 g/mol. The van der Waals surface area contributed by atoms with Gasteiger partial charge in [0.1, 0.15) is 6.33 Å². The Morgan fingerprint density at radius 1 is 1.00 bits per heavy atom. The molecule has 0 aliphatic heterocycles. The maximum absolute atomic E-state index is 13.0. The Labute approximate surface area is 135 Å². The summed E-state index contributed by atoms with van der Waals surface area (Å²) in [6.07, 6.45) is 3.06. The maximum atomic E-state index is 13.0. The lowest BCUT2D eigenvalue weighted by atomic mass is 10.1. The second-order valence-electron chi connectivity index (χ2n) is 5.04. The van der Waals surface area contributed by atoms with Gasteiger partial charge in [0.05, 0.1) is 11.3 Å². The number of carbonyl (C=O) groups excluding carboxylic acids is 1. The summed E-state index contributed by atoms with van der Waals surface area (Å²) < 4.78 is 0. The van der Waals surface area contributed by atoms with Crippen molar-refractivity contribution in [3.63, 3.8) is 0 Å². The van der Waals surface area contributed by atoms with Crippen molar-refractivity contribution in [2.75, 3.05) is 11.4 Å². The molecule has 3 rings (SSSR count). The zero-order valence-corrected chi connectivity index (χ0v) is 12.9. The number of anilines is 1. The number of para-hydroxylation sites is 1. The first-order valence-electron chi connectivity index (χ1n) is 7.53. The molecule has 114 valence electrons. The van der Waals surface area contributed by atoms with Crippen LogP contribution in [-0.2, 0) is 0 Å². The summed E-state index contributed by atoms with van der Waals surface area (Å²) in [6.45, 7) is 2.53. The van der Waals surface area contributed by atoms with Crippen molar-refractivity contribution in [1.29, 1.82) is 0 Å². The normalized spacial score (nSPS) is 10.3. The fourth-order valence-corrected chi connectivity index (χ4v) is 2.51. The summed E-state index contributed by atoms with van der Waals surface area (Å²) in [6, 6.07) is 19.3. The van der Waals surface area contributed by atoms with E-state index in [0.717, 1.165) is 11.3 Å². The molecule has 0 spiro atoms. The van der Waals surface area contributed by atoms with Gasteiger partial charge in [0.25, 0.3) is 5.91 Å². The zero-order valence-electron chi connectivity index (χ0n) is 12.9. The van der Waals surface area contributed by atoms with E-state index < -0.39 is 0 Å². The topological polar surface area (TPSA) is 46.1 Å². The molecule has 0 radical (unpaired) electrons. The van der Waals surface area contributed by atoms with Gasteiger partial charge in [0, 0.05) is 24.0 Å². The number of carbonyl (C=O) groups is 1. The SMILES string of the molecule is CCN(C(=O)c1cncnc1-c1ccccc1)c1ccccc1. The monoisotopic (exact) mass is 303 g/mol. The van der Waals surface area contributed by atoms with Crippen molar-refractivity contribution in [2.45, 2.75) is 6.92 Å². The van der Waals surface area contributed by atoms with Crippen molar-refractivity contribution in [3.8, 4) is 11.3 Å². The third-order valence-electron chi connectivity index (χ3n) is 3.62. The third kappa shape index (κ3) is 3.11. The lowest BCUT2D eigenvalue weighted by Gasteiger charge is -2.21. The van der Waals surface area contributed by atoms with Gasteiger partial charge in [-0.3, -0.25) is 4.79 Å². The predicted molar refractivity (Wildman–Crippen MR) is 91.3 cm³/mol. The molecule has 4 heteroatoms. The second-order valence-corrected chi connectivity index (χ2v) is 5.04. The molecular weight excluding hydrogens is 286 g/mol. The van der Waals surface area contributed by atoms with Gasteiger partial charge in [0.2, 0.25) is 0 Å². The van der Waals surface area contributed by atoms with Crippen molar-refractivity contribution in [2.24, 2.45) is 0 Å². The van der Waals surface area contributed by atoms with Gasteiger partial charge >= 0.3 is 0 Å². The molecule has 23 heavy (non-hydrogen) atoms. The Morgan fingerprint density at radius 3 is 2.30 bits per heavy atom. The van der Waals surface area contributed by atoms with Crippen LogP contribution < -0.4 is 4.90 Å². The average Bonchev–Trinajstić information content (AvgIpc) is 2.64. The van der Waals surface area contributed by atoms with Gasteiger partial charge < -0.3 is 4.90 Å². The lowest BCUT2D eigenvalue weighted by molar-refractivity contribution is 0.0988. The minimum Gasteiger partial charge on any atom is -0.309 e. The highest BCUT2D eigenvalue weighted by Gasteiger charge is 2.20. The molecule has 0 bridgehead atoms. The summed E-state index contributed by atoms with van der Waals surface area (Å²) in [4.78, 5) is 23.1. The number of nitrogens with zero attached hydrogens (tertiary/aromatic N) is 3. The first-order valence-corrected chi connectivity index (χ1v) is 7.53. The van der Waals surface area contributed by atoms with E-state index in [2.05, 4.69) is 9.97 Å². The highest BCUT2D eigenvalue weighted by Crippen LogP contribution is 2.23. The van der Waals surface area contributed by atoms with Crippen molar-refractivity contribution >= 4 is 11.6 Å². The van der Waals surface area contributed by atoms with Crippen LogP contribution in [0.25, 0.3) is 11.3 Å². The number of amides is 1. The Balaban J connectivity index is 2.03. The van der Waals surface area contributed by atoms with Crippen molar-refractivity contribution in [1.82, 2.24) is 9.97 Å². The zero-order chi connectivity index (χ0) is 16.1. The molecule has 0 fully saturated rings. The standard InChI is InChI=1S/C19H17N3O/c1-2-22(16-11-7-4-8-12-16)19(23)17-13-20-14-21-18(17)15-9-5-3-6-10-15/h3-14H,2H2,1H3. The molecule has 3 aromatic rings. The molecule has 0 N–H and O–H groups in total. The van der Waals surface area contributed by atoms with E-state index >= 15 is 0 Å². The van der Waals surface area contributed by atoms with E-state index in [1.165, 1.54) is 6.33 Å². The fraction of sp³-hybridized carbons (Fsp3) is 0.105. The largest absolute Gasteiger partial charge is 0.309 e. The molecule has 0 aliphatic rings. The van der Waals surface area contributed by atoms with Gasteiger partial charge in [-0.25, -0.2) is 9.97 Å². The van der Waals surface area contributed by atoms with Crippen LogP contribution in [-0.4, -0.2) is 22.4 Å². The molecule has 0 atom stereocenters. The summed E-state index contributed by atoms with van der Waals surface area (Å²) in [5.74, 6) is -0.0989. The van der Waals surface area contributed by atoms with Gasteiger partial charge in [-0.2, -0.15) is 0 Å². The van der Waals surface area contributed by atoms with Crippen LogP contribution in [0.4, 0.5) is 5.69 Å². The van der Waals surface area contributed by atoms with Crippen LogP contribution in [0.15, 0.2) is 73.2 Å². The van der Waals surface area contributed by atoms with E-state index in [-0.39, 0.29) is 5.91 Å². The highest BCUT2D eigenvalue weighted by molar-refractivity contribution is 6.09.